The maximum absolute atomic E-state index is 4.90. The number of hydrogen-bond donors (Lipinski definition) is 2. The molecule has 2 heterocycles. The summed E-state index contributed by atoms with van der Waals surface area (Å²) in [7, 11) is 2.23. The second-order valence-corrected chi connectivity index (χ2v) is 9.10. The summed E-state index contributed by atoms with van der Waals surface area (Å²) >= 11 is 0. The van der Waals surface area contributed by atoms with Gasteiger partial charge in [-0.05, 0) is 51.8 Å². The first-order valence-corrected chi connectivity index (χ1v) is 12.4. The summed E-state index contributed by atoms with van der Waals surface area (Å²) in [5.74, 6) is 0.995. The fourth-order valence-electron chi connectivity index (χ4n) is 4.81. The molecule has 0 aliphatic carbocycles. The van der Waals surface area contributed by atoms with Gasteiger partial charge in [0.25, 0.3) is 0 Å². The van der Waals surface area contributed by atoms with E-state index in [1.807, 2.05) is 0 Å². The first-order valence-electron chi connectivity index (χ1n) is 12.4. The van der Waals surface area contributed by atoms with Crippen LogP contribution in [0.5, 0.6) is 0 Å². The molecule has 6 nitrogen and oxygen atoms in total. The number of likely N-dealkylation sites (N-methyl/N-ethyl adjacent to an activating group) is 1. The fourth-order valence-corrected chi connectivity index (χ4v) is 4.81. The van der Waals surface area contributed by atoms with E-state index in [2.05, 4.69) is 76.6 Å². The number of aliphatic imine (C=N–C) groups is 1. The number of nitrogens with one attached hydrogen (secondary N) is 2. The van der Waals surface area contributed by atoms with E-state index in [0.29, 0.717) is 12.1 Å². The molecule has 2 fully saturated rings. The first-order chi connectivity index (χ1) is 15.2. The molecule has 32 heavy (non-hydrogen) atoms. The molecule has 0 aromatic heterocycles. The molecule has 1 unspecified atom stereocenters. The zero-order valence-corrected chi connectivity index (χ0v) is 22.8. The van der Waals surface area contributed by atoms with Crippen molar-refractivity contribution in [2.75, 3.05) is 66.0 Å². The molecule has 1 aromatic carbocycles. The number of benzene rings is 1. The lowest BCUT2D eigenvalue weighted by Gasteiger charge is -2.40. The van der Waals surface area contributed by atoms with Gasteiger partial charge in [-0.15, -0.1) is 24.0 Å². The van der Waals surface area contributed by atoms with E-state index in [-0.39, 0.29) is 24.0 Å². The van der Waals surface area contributed by atoms with Crippen LogP contribution in [-0.4, -0.2) is 92.7 Å². The normalized spacial score (nSPS) is 21.8. The van der Waals surface area contributed by atoms with E-state index in [4.69, 9.17) is 4.99 Å². The summed E-state index contributed by atoms with van der Waals surface area (Å²) in [4.78, 5) is 12.6. The van der Waals surface area contributed by atoms with Gasteiger partial charge in [-0.2, -0.15) is 0 Å². The minimum atomic E-state index is 0. The highest BCUT2D eigenvalue weighted by molar-refractivity contribution is 14.0. The number of piperidine rings is 1. The van der Waals surface area contributed by atoms with Crippen molar-refractivity contribution in [3.63, 3.8) is 0 Å². The number of nitrogens with zero attached hydrogens (tertiary/aromatic N) is 4. The lowest BCUT2D eigenvalue weighted by atomic mass is 10.0. The van der Waals surface area contributed by atoms with Gasteiger partial charge in [0.1, 0.15) is 0 Å². The van der Waals surface area contributed by atoms with Crippen molar-refractivity contribution >= 4 is 29.9 Å². The Labute approximate surface area is 213 Å². The molecular weight excluding hydrogens is 511 g/mol. The monoisotopic (exact) mass is 556 g/mol. The molecule has 3 rings (SSSR count). The van der Waals surface area contributed by atoms with E-state index in [0.717, 1.165) is 51.6 Å². The van der Waals surface area contributed by atoms with Crippen LogP contribution in [-0.2, 0) is 0 Å². The predicted molar refractivity (Wildman–Crippen MR) is 147 cm³/mol. The van der Waals surface area contributed by atoms with Crippen LogP contribution in [0, 0.1) is 0 Å². The van der Waals surface area contributed by atoms with E-state index in [1.165, 1.54) is 44.5 Å². The molecular formula is C25H45IN6. The minimum absolute atomic E-state index is 0. The topological polar surface area (TPSA) is 46.1 Å². The molecule has 0 radical (unpaired) electrons. The Kier molecular flexibility index (Phi) is 12.9. The summed E-state index contributed by atoms with van der Waals surface area (Å²) in [6.45, 7) is 14.3. The van der Waals surface area contributed by atoms with Gasteiger partial charge >= 0.3 is 0 Å². The third-order valence-electron chi connectivity index (χ3n) is 6.56. The summed E-state index contributed by atoms with van der Waals surface area (Å²) < 4.78 is 0. The molecule has 2 saturated heterocycles. The van der Waals surface area contributed by atoms with Crippen molar-refractivity contribution in [3.8, 4) is 0 Å². The SMILES string of the molecule is CCCN1CCC(NC(=NCCCN2CCN(C)CC2c2ccccc2)NCC)CC1.I. The van der Waals surface area contributed by atoms with Crippen molar-refractivity contribution in [2.45, 2.75) is 51.6 Å². The van der Waals surface area contributed by atoms with Crippen LogP contribution in [0.15, 0.2) is 35.3 Å². The van der Waals surface area contributed by atoms with E-state index in [1.54, 1.807) is 0 Å². The Morgan fingerprint density at radius 3 is 2.47 bits per heavy atom. The Morgan fingerprint density at radius 2 is 1.78 bits per heavy atom. The van der Waals surface area contributed by atoms with E-state index in [9.17, 15) is 0 Å². The average molecular weight is 557 g/mol. The van der Waals surface area contributed by atoms with E-state index >= 15 is 0 Å². The van der Waals surface area contributed by atoms with Crippen molar-refractivity contribution in [1.29, 1.82) is 0 Å². The number of piperazine rings is 1. The van der Waals surface area contributed by atoms with Crippen molar-refractivity contribution in [2.24, 2.45) is 4.99 Å². The van der Waals surface area contributed by atoms with Gasteiger partial charge in [0, 0.05) is 64.4 Å². The number of hydrogen-bond acceptors (Lipinski definition) is 4. The molecule has 0 spiro atoms. The molecule has 0 amide bonds. The lowest BCUT2D eigenvalue weighted by Crippen LogP contribution is -2.49. The molecule has 1 atom stereocenters. The number of halogens is 1. The highest BCUT2D eigenvalue weighted by atomic mass is 127. The van der Waals surface area contributed by atoms with Crippen LogP contribution >= 0.6 is 24.0 Å². The van der Waals surface area contributed by atoms with Gasteiger partial charge in [-0.3, -0.25) is 9.89 Å². The van der Waals surface area contributed by atoms with Crippen molar-refractivity contribution in [1.82, 2.24) is 25.3 Å². The van der Waals surface area contributed by atoms with Crippen LogP contribution < -0.4 is 10.6 Å². The average Bonchev–Trinajstić information content (AvgIpc) is 2.79. The van der Waals surface area contributed by atoms with Crippen LogP contribution in [0.1, 0.15) is 51.1 Å². The maximum atomic E-state index is 4.90. The smallest absolute Gasteiger partial charge is 0.191 e. The number of likely N-dealkylation sites (tertiary alicyclic amines) is 1. The van der Waals surface area contributed by atoms with Crippen LogP contribution in [0.25, 0.3) is 0 Å². The molecule has 7 heteroatoms. The summed E-state index contributed by atoms with van der Waals surface area (Å²) in [5, 5.41) is 7.14. The Balaban J connectivity index is 0.00000363. The molecule has 0 saturated carbocycles. The summed E-state index contributed by atoms with van der Waals surface area (Å²) in [6, 6.07) is 12.0. The van der Waals surface area contributed by atoms with Crippen LogP contribution in [0.4, 0.5) is 0 Å². The zero-order valence-electron chi connectivity index (χ0n) is 20.4. The lowest BCUT2D eigenvalue weighted by molar-refractivity contribution is 0.0894. The van der Waals surface area contributed by atoms with Gasteiger partial charge in [0.05, 0.1) is 0 Å². The molecule has 2 aliphatic rings. The standard InChI is InChI=1S/C25H44N6.HI/c1-4-15-30-17-12-23(13-18-30)28-25(26-5-2)27-14-9-16-31-20-19-29(3)21-24(31)22-10-7-6-8-11-22;/h6-8,10-11,23-24H,4-5,9,12-21H2,1-3H3,(H2,26,27,28);1H. The van der Waals surface area contributed by atoms with Crippen molar-refractivity contribution in [3.05, 3.63) is 35.9 Å². The fraction of sp³-hybridized carbons (Fsp3) is 0.720. The van der Waals surface area contributed by atoms with Crippen LogP contribution in [0.3, 0.4) is 0 Å². The van der Waals surface area contributed by atoms with Crippen molar-refractivity contribution < 1.29 is 0 Å². The molecule has 182 valence electrons. The second kappa shape index (κ2) is 15.1. The first kappa shape index (κ1) is 27.3. The minimum Gasteiger partial charge on any atom is -0.357 e. The highest BCUT2D eigenvalue weighted by Crippen LogP contribution is 2.24. The van der Waals surface area contributed by atoms with Crippen LogP contribution in [0.2, 0.25) is 0 Å². The quantitative estimate of drug-likeness (QED) is 0.211. The van der Waals surface area contributed by atoms with E-state index < -0.39 is 0 Å². The zero-order chi connectivity index (χ0) is 21.9. The van der Waals surface area contributed by atoms with Gasteiger partial charge in [0.15, 0.2) is 5.96 Å². The molecule has 0 bridgehead atoms. The molecule has 2 aliphatic heterocycles. The second-order valence-electron chi connectivity index (χ2n) is 9.10. The van der Waals surface area contributed by atoms with Gasteiger partial charge in [0.2, 0.25) is 0 Å². The van der Waals surface area contributed by atoms with Gasteiger partial charge in [-0.25, -0.2) is 0 Å². The summed E-state index contributed by atoms with van der Waals surface area (Å²) in [6.07, 6.45) is 4.77. The third-order valence-corrected chi connectivity index (χ3v) is 6.56. The Morgan fingerprint density at radius 1 is 1.03 bits per heavy atom. The molecule has 2 N–H and O–H groups in total. The predicted octanol–water partition coefficient (Wildman–Crippen LogP) is 3.41. The number of guanidine groups is 1. The largest absolute Gasteiger partial charge is 0.357 e. The van der Waals surface area contributed by atoms with Gasteiger partial charge < -0.3 is 20.4 Å². The summed E-state index contributed by atoms with van der Waals surface area (Å²) in [5.41, 5.74) is 1.43. The third kappa shape index (κ3) is 8.80. The van der Waals surface area contributed by atoms with Gasteiger partial charge in [-0.1, -0.05) is 37.3 Å². The molecule has 1 aromatic rings. The Hall–Kier alpha value is -0.900. The highest BCUT2D eigenvalue weighted by Gasteiger charge is 2.26. The maximum Gasteiger partial charge on any atom is 0.191 e. The Bertz CT molecular complexity index is 647. The number of rotatable bonds is 9.